The molecule has 2 rings (SSSR count). The summed E-state index contributed by atoms with van der Waals surface area (Å²) < 4.78 is 5.31. The van der Waals surface area contributed by atoms with Crippen LogP contribution in [0.3, 0.4) is 0 Å². The highest BCUT2D eigenvalue weighted by atomic mass is 16.5. The molecule has 1 N–H and O–H groups in total. The van der Waals surface area contributed by atoms with E-state index < -0.39 is 0 Å². The van der Waals surface area contributed by atoms with Gasteiger partial charge >= 0.3 is 0 Å². The molecule has 0 saturated heterocycles. The summed E-state index contributed by atoms with van der Waals surface area (Å²) in [5.41, 5.74) is 0. The fraction of sp³-hybridized carbons (Fsp3) is 0.867. The topological polar surface area (TPSA) is 21.3 Å². The summed E-state index contributed by atoms with van der Waals surface area (Å²) in [6, 6.07) is 1.16. The van der Waals surface area contributed by atoms with Crippen LogP contribution in [0.15, 0.2) is 12.2 Å². The molecule has 0 radical (unpaired) electrons. The Labute approximate surface area is 106 Å². The molecule has 0 aliphatic heterocycles. The quantitative estimate of drug-likeness (QED) is 0.687. The summed E-state index contributed by atoms with van der Waals surface area (Å²) in [5.74, 6) is 2.56. The van der Waals surface area contributed by atoms with Gasteiger partial charge in [0, 0.05) is 19.2 Å². The van der Waals surface area contributed by atoms with Crippen LogP contribution >= 0.6 is 0 Å². The molecular formula is C15H27NO. The number of fused-ring (bicyclic) bond motifs is 2. The molecule has 98 valence electrons. The maximum absolute atomic E-state index is 5.31. The highest BCUT2D eigenvalue weighted by Crippen LogP contribution is 2.44. The van der Waals surface area contributed by atoms with Gasteiger partial charge < -0.3 is 10.1 Å². The Bertz CT molecular complexity index is 258. The van der Waals surface area contributed by atoms with Gasteiger partial charge in [-0.15, -0.1) is 0 Å². The van der Waals surface area contributed by atoms with E-state index in [4.69, 9.17) is 4.74 Å². The van der Waals surface area contributed by atoms with Crippen molar-refractivity contribution in [2.45, 2.75) is 51.6 Å². The number of hydrogen-bond donors (Lipinski definition) is 1. The van der Waals surface area contributed by atoms with Crippen LogP contribution in [-0.2, 0) is 4.74 Å². The molecule has 0 spiro atoms. The second-order valence-corrected chi connectivity index (χ2v) is 5.84. The van der Waals surface area contributed by atoms with E-state index in [1.54, 1.807) is 7.11 Å². The Morgan fingerprint density at radius 2 is 2.18 bits per heavy atom. The Morgan fingerprint density at radius 3 is 2.71 bits per heavy atom. The first-order chi connectivity index (χ1) is 8.24. The highest BCUT2D eigenvalue weighted by Gasteiger charge is 2.38. The maximum Gasteiger partial charge on any atom is 0.0615 e. The van der Waals surface area contributed by atoms with E-state index in [0.29, 0.717) is 12.1 Å². The van der Waals surface area contributed by atoms with E-state index in [2.05, 4.69) is 31.3 Å². The number of hydrogen-bond acceptors (Lipinski definition) is 2. The monoisotopic (exact) mass is 237 g/mol. The first-order valence-electron chi connectivity index (χ1n) is 7.17. The second-order valence-electron chi connectivity index (χ2n) is 5.84. The zero-order valence-electron chi connectivity index (χ0n) is 11.5. The molecule has 0 heterocycles. The summed E-state index contributed by atoms with van der Waals surface area (Å²) >= 11 is 0. The summed E-state index contributed by atoms with van der Waals surface area (Å²) in [7, 11) is 1.80. The Kier molecular flexibility index (Phi) is 4.63. The van der Waals surface area contributed by atoms with Crippen molar-refractivity contribution in [3.8, 4) is 0 Å². The van der Waals surface area contributed by atoms with E-state index in [1.807, 2.05) is 0 Å². The van der Waals surface area contributed by atoms with Crippen molar-refractivity contribution in [2.75, 3.05) is 13.7 Å². The van der Waals surface area contributed by atoms with Crippen LogP contribution in [0.25, 0.3) is 0 Å². The van der Waals surface area contributed by atoms with E-state index in [9.17, 15) is 0 Å². The minimum atomic E-state index is 0.531. The molecular weight excluding hydrogens is 210 g/mol. The van der Waals surface area contributed by atoms with Gasteiger partial charge in [0.1, 0.15) is 0 Å². The van der Waals surface area contributed by atoms with E-state index in [-0.39, 0.29) is 0 Å². The van der Waals surface area contributed by atoms with Crippen molar-refractivity contribution in [1.29, 1.82) is 0 Å². The predicted molar refractivity (Wildman–Crippen MR) is 72.0 cm³/mol. The smallest absolute Gasteiger partial charge is 0.0615 e. The largest absolute Gasteiger partial charge is 0.383 e. The zero-order chi connectivity index (χ0) is 12.3. The summed E-state index contributed by atoms with van der Waals surface area (Å²) in [5, 5.41) is 3.79. The lowest BCUT2D eigenvalue weighted by molar-refractivity contribution is 0.148. The van der Waals surface area contributed by atoms with Crippen LogP contribution in [0.1, 0.15) is 39.5 Å². The molecule has 2 nitrogen and oxygen atoms in total. The molecule has 0 amide bonds. The molecule has 5 unspecified atom stereocenters. The predicted octanol–water partition coefficient (Wildman–Crippen LogP) is 2.99. The van der Waals surface area contributed by atoms with Crippen molar-refractivity contribution in [3.05, 3.63) is 12.2 Å². The molecule has 2 aliphatic carbocycles. The van der Waals surface area contributed by atoms with Gasteiger partial charge in [0.25, 0.3) is 0 Å². The minimum Gasteiger partial charge on any atom is -0.383 e. The van der Waals surface area contributed by atoms with E-state index in [1.165, 1.54) is 25.7 Å². The molecule has 2 heteroatoms. The lowest BCUT2D eigenvalue weighted by atomic mass is 9.87. The van der Waals surface area contributed by atoms with Crippen LogP contribution in [0.2, 0.25) is 0 Å². The van der Waals surface area contributed by atoms with E-state index >= 15 is 0 Å². The lowest BCUT2D eigenvalue weighted by Crippen LogP contribution is -2.44. The average Bonchev–Trinajstić information content (AvgIpc) is 2.91. The van der Waals surface area contributed by atoms with E-state index in [0.717, 1.165) is 24.4 Å². The maximum atomic E-state index is 5.31. The average molecular weight is 237 g/mol. The third-order valence-corrected chi connectivity index (χ3v) is 4.48. The van der Waals surface area contributed by atoms with Crippen molar-refractivity contribution < 1.29 is 4.74 Å². The fourth-order valence-electron chi connectivity index (χ4n) is 3.66. The van der Waals surface area contributed by atoms with Gasteiger partial charge in [0.15, 0.2) is 0 Å². The number of allylic oxidation sites excluding steroid dienone is 2. The normalized spacial score (nSPS) is 34.2. The Balaban J connectivity index is 1.82. The fourth-order valence-corrected chi connectivity index (χ4v) is 3.66. The Hall–Kier alpha value is -0.340. The number of rotatable bonds is 7. The van der Waals surface area contributed by atoms with Crippen LogP contribution in [-0.4, -0.2) is 25.8 Å². The molecule has 17 heavy (non-hydrogen) atoms. The molecule has 0 aromatic heterocycles. The van der Waals surface area contributed by atoms with Gasteiger partial charge in [-0.25, -0.2) is 0 Å². The molecule has 1 saturated carbocycles. The Morgan fingerprint density at radius 1 is 1.35 bits per heavy atom. The first-order valence-corrected chi connectivity index (χ1v) is 7.17. The number of methoxy groups -OCH3 is 1. The number of nitrogens with one attached hydrogen (secondary N) is 1. The molecule has 0 aromatic rings. The van der Waals surface area contributed by atoms with Gasteiger partial charge in [-0.3, -0.25) is 0 Å². The van der Waals surface area contributed by atoms with Crippen LogP contribution in [0, 0.1) is 17.8 Å². The van der Waals surface area contributed by atoms with Crippen LogP contribution in [0.4, 0.5) is 0 Å². The summed E-state index contributed by atoms with van der Waals surface area (Å²) in [6.45, 7) is 5.45. The highest BCUT2D eigenvalue weighted by molar-refractivity contribution is 5.11. The minimum absolute atomic E-state index is 0.531. The van der Waals surface area contributed by atoms with Crippen molar-refractivity contribution in [3.63, 3.8) is 0 Å². The van der Waals surface area contributed by atoms with Crippen molar-refractivity contribution >= 4 is 0 Å². The number of ether oxygens (including phenoxy) is 1. The lowest BCUT2D eigenvalue weighted by Gasteiger charge is -2.30. The second kappa shape index (κ2) is 6.01. The van der Waals surface area contributed by atoms with Crippen molar-refractivity contribution in [1.82, 2.24) is 5.32 Å². The van der Waals surface area contributed by atoms with Gasteiger partial charge in [-0.2, -0.15) is 0 Å². The van der Waals surface area contributed by atoms with Gasteiger partial charge in [0.05, 0.1) is 6.61 Å². The third kappa shape index (κ3) is 3.11. The van der Waals surface area contributed by atoms with Gasteiger partial charge in [-0.05, 0) is 43.9 Å². The van der Waals surface area contributed by atoms with Crippen LogP contribution in [0.5, 0.6) is 0 Å². The SMILES string of the molecule is CCCC(COC)NC(C)C1CC2C=CC1C2. The van der Waals surface area contributed by atoms with Gasteiger partial charge in [-0.1, -0.05) is 25.5 Å². The molecule has 2 bridgehead atoms. The molecule has 2 aliphatic rings. The zero-order valence-corrected chi connectivity index (χ0v) is 11.5. The standard InChI is InChI=1S/C15H27NO/c1-4-5-14(10-17-3)16-11(2)15-9-12-6-7-13(15)8-12/h6-7,11-16H,4-5,8-10H2,1-3H3. The third-order valence-electron chi connectivity index (χ3n) is 4.48. The van der Waals surface area contributed by atoms with Crippen molar-refractivity contribution in [2.24, 2.45) is 17.8 Å². The van der Waals surface area contributed by atoms with Crippen LogP contribution < -0.4 is 5.32 Å². The van der Waals surface area contributed by atoms with Gasteiger partial charge in [0.2, 0.25) is 0 Å². The summed E-state index contributed by atoms with van der Waals surface area (Å²) in [4.78, 5) is 0. The summed E-state index contributed by atoms with van der Waals surface area (Å²) in [6.07, 6.45) is 10.1. The first kappa shape index (κ1) is 13.1. The molecule has 1 fully saturated rings. The molecule has 0 aromatic carbocycles. The molecule has 5 atom stereocenters.